The second-order valence-corrected chi connectivity index (χ2v) is 8.08. The van der Waals surface area contributed by atoms with Crippen LogP contribution in [0.3, 0.4) is 0 Å². The van der Waals surface area contributed by atoms with Crippen molar-refractivity contribution in [3.8, 4) is 23.3 Å². The molecule has 1 fully saturated rings. The molecule has 2 aliphatic rings. The molecule has 3 rings (SSSR count). The van der Waals surface area contributed by atoms with Gasteiger partial charge in [-0.05, 0) is 17.7 Å². The molecule has 2 atom stereocenters. The number of hydrogen-bond acceptors (Lipinski definition) is 10. The molecule has 1 aromatic carbocycles. The van der Waals surface area contributed by atoms with E-state index in [4.69, 9.17) is 29.8 Å². The topological polar surface area (TPSA) is 161 Å². The first-order valence-electron chi connectivity index (χ1n) is 9.48. The monoisotopic (exact) mass is 475 g/mol. The molecule has 2 heterocycles. The van der Waals surface area contributed by atoms with Gasteiger partial charge < -0.3 is 29.8 Å². The Morgan fingerprint density at radius 3 is 2.24 bits per heavy atom. The number of methoxy groups -OCH3 is 4. The molecule has 0 spiro atoms. The average Bonchev–Trinajstić information content (AvgIpc) is 3.12. The predicted octanol–water partition coefficient (Wildman–Crippen LogP) is 1.31. The summed E-state index contributed by atoms with van der Waals surface area (Å²) < 4.78 is 21.0. The van der Waals surface area contributed by atoms with E-state index in [1.54, 1.807) is 12.1 Å². The van der Waals surface area contributed by atoms with Crippen LogP contribution in [-0.4, -0.2) is 61.5 Å². The fourth-order valence-electron chi connectivity index (χ4n) is 3.76. The highest BCUT2D eigenvalue weighted by Crippen LogP contribution is 2.51. The summed E-state index contributed by atoms with van der Waals surface area (Å²) in [5.74, 6) is -3.08. The van der Waals surface area contributed by atoms with Gasteiger partial charge in [0.1, 0.15) is 11.1 Å². The lowest BCUT2D eigenvalue weighted by Crippen LogP contribution is -2.39. The first-order chi connectivity index (χ1) is 15.7. The molecule has 0 bridgehead atoms. The van der Waals surface area contributed by atoms with E-state index in [0.717, 1.165) is 23.8 Å². The summed E-state index contributed by atoms with van der Waals surface area (Å²) in [5.41, 5.74) is 6.54. The molecule has 1 aromatic rings. The molecule has 2 aliphatic heterocycles. The summed E-state index contributed by atoms with van der Waals surface area (Å²) >= 11 is 0.914. The number of hydrogen-bond donors (Lipinski definition) is 2. The minimum Gasteiger partial charge on any atom is -0.493 e. The van der Waals surface area contributed by atoms with Gasteiger partial charge in [0.2, 0.25) is 11.7 Å². The van der Waals surface area contributed by atoms with E-state index in [9.17, 15) is 19.6 Å². The zero-order chi connectivity index (χ0) is 24.4. The third kappa shape index (κ3) is 3.91. The summed E-state index contributed by atoms with van der Waals surface area (Å²) in [4.78, 5) is 37.9. The molecule has 3 N–H and O–H groups in total. The lowest BCUT2D eigenvalue weighted by Gasteiger charge is -2.31. The van der Waals surface area contributed by atoms with Gasteiger partial charge in [0.25, 0.3) is 0 Å². The SMILES string of the molecule is COC(=O)C1=C(N)N2C(=O)C(CC(=O)O)SC2=C(C#N)C1c1cc(OC)c(OC)c(OC)c1. The highest BCUT2D eigenvalue weighted by molar-refractivity contribution is 8.04. The summed E-state index contributed by atoms with van der Waals surface area (Å²) in [5, 5.41) is 18.4. The van der Waals surface area contributed by atoms with Crippen LogP contribution in [0.4, 0.5) is 0 Å². The molecule has 2 unspecified atom stereocenters. The van der Waals surface area contributed by atoms with E-state index in [-0.39, 0.29) is 33.5 Å². The molecular formula is C21H21N3O8S. The van der Waals surface area contributed by atoms with Crippen molar-refractivity contribution < 1.29 is 38.4 Å². The Hall–Kier alpha value is -3.85. The van der Waals surface area contributed by atoms with Gasteiger partial charge in [0, 0.05) is 0 Å². The number of nitrogens with zero attached hydrogens (tertiary/aromatic N) is 2. The number of aliphatic carboxylic acids is 1. The number of thioether (sulfide) groups is 1. The maximum Gasteiger partial charge on any atom is 0.338 e. The van der Waals surface area contributed by atoms with Gasteiger partial charge in [0.05, 0.1) is 63.0 Å². The number of nitrogens with two attached hydrogens (primary N) is 1. The number of nitriles is 1. The predicted molar refractivity (Wildman–Crippen MR) is 115 cm³/mol. The van der Waals surface area contributed by atoms with Crippen molar-refractivity contribution >= 4 is 29.6 Å². The third-order valence-corrected chi connectivity index (χ3v) is 6.46. The standard InChI is InChI=1S/C21H21N3O8S/c1-29-11-5-9(6-12(30-2)17(11)31-3)15-10(8-22)20-24(18(23)16(15)21(28)32-4)19(27)13(33-20)7-14(25)26/h5-6,13,15H,7,23H2,1-4H3,(H,25,26). The van der Waals surface area contributed by atoms with Gasteiger partial charge in [-0.1, -0.05) is 11.8 Å². The minimum atomic E-state index is -1.18. The average molecular weight is 475 g/mol. The molecule has 1 amide bonds. The van der Waals surface area contributed by atoms with E-state index < -0.39 is 35.4 Å². The Labute approximate surface area is 193 Å². The number of carboxylic acids is 1. The maximum atomic E-state index is 12.9. The van der Waals surface area contributed by atoms with Gasteiger partial charge >= 0.3 is 11.9 Å². The van der Waals surface area contributed by atoms with Gasteiger partial charge in [0.15, 0.2) is 11.5 Å². The number of benzene rings is 1. The quantitative estimate of drug-likeness (QED) is 0.547. The zero-order valence-corrected chi connectivity index (χ0v) is 19.0. The van der Waals surface area contributed by atoms with Crippen molar-refractivity contribution in [3.05, 3.63) is 39.7 Å². The van der Waals surface area contributed by atoms with Gasteiger partial charge in [-0.3, -0.25) is 14.5 Å². The van der Waals surface area contributed by atoms with Gasteiger partial charge in [-0.2, -0.15) is 5.26 Å². The van der Waals surface area contributed by atoms with Crippen LogP contribution >= 0.6 is 11.8 Å². The summed E-state index contributed by atoms with van der Waals surface area (Å²) in [6.45, 7) is 0. The molecule has 0 saturated carbocycles. The highest BCUT2D eigenvalue weighted by atomic mass is 32.2. The van der Waals surface area contributed by atoms with Gasteiger partial charge in [-0.25, -0.2) is 4.79 Å². The number of carbonyl (C=O) groups excluding carboxylic acids is 2. The number of rotatable bonds is 7. The molecule has 0 aromatic heterocycles. The van der Waals surface area contributed by atoms with Crippen molar-refractivity contribution in [3.63, 3.8) is 0 Å². The van der Waals surface area contributed by atoms with Crippen molar-refractivity contribution in [2.45, 2.75) is 17.6 Å². The number of carbonyl (C=O) groups is 3. The van der Waals surface area contributed by atoms with Crippen LogP contribution in [0.2, 0.25) is 0 Å². The van der Waals surface area contributed by atoms with Gasteiger partial charge in [-0.15, -0.1) is 0 Å². The molecule has 12 heteroatoms. The molecule has 0 aliphatic carbocycles. The zero-order valence-electron chi connectivity index (χ0n) is 18.2. The Morgan fingerprint density at radius 2 is 1.79 bits per heavy atom. The van der Waals surface area contributed by atoms with Crippen molar-refractivity contribution in [1.82, 2.24) is 4.90 Å². The van der Waals surface area contributed by atoms with E-state index in [0.29, 0.717) is 11.3 Å². The number of ether oxygens (including phenoxy) is 4. The Morgan fingerprint density at radius 1 is 1.18 bits per heavy atom. The van der Waals surface area contributed by atoms with Crippen molar-refractivity contribution in [1.29, 1.82) is 5.26 Å². The molecule has 174 valence electrons. The van der Waals surface area contributed by atoms with Crippen LogP contribution in [0.25, 0.3) is 0 Å². The van der Waals surface area contributed by atoms with Crippen LogP contribution < -0.4 is 19.9 Å². The van der Waals surface area contributed by atoms with Crippen molar-refractivity contribution in [2.24, 2.45) is 5.73 Å². The normalized spacial score (nSPS) is 19.7. The second-order valence-electron chi connectivity index (χ2n) is 6.89. The molecular weight excluding hydrogens is 454 g/mol. The smallest absolute Gasteiger partial charge is 0.338 e. The Bertz CT molecular complexity index is 1110. The minimum absolute atomic E-state index is 0.0325. The number of amides is 1. The van der Waals surface area contributed by atoms with E-state index in [2.05, 4.69) is 6.07 Å². The summed E-state index contributed by atoms with van der Waals surface area (Å²) in [7, 11) is 5.41. The fraction of sp³-hybridized carbons (Fsp3) is 0.333. The highest BCUT2D eigenvalue weighted by Gasteiger charge is 2.48. The second kappa shape index (κ2) is 9.33. The number of allylic oxidation sites excluding steroid dienone is 1. The van der Waals surface area contributed by atoms with E-state index in [1.807, 2.05) is 0 Å². The molecule has 1 saturated heterocycles. The Balaban J connectivity index is 2.30. The largest absolute Gasteiger partial charge is 0.493 e. The van der Waals surface area contributed by atoms with Crippen LogP contribution in [-0.2, 0) is 19.1 Å². The fourth-order valence-corrected chi connectivity index (χ4v) is 5.05. The first kappa shape index (κ1) is 23.8. The van der Waals surface area contributed by atoms with Crippen LogP contribution in [0, 0.1) is 11.3 Å². The van der Waals surface area contributed by atoms with Crippen LogP contribution in [0.5, 0.6) is 17.2 Å². The van der Waals surface area contributed by atoms with Crippen LogP contribution in [0.15, 0.2) is 34.1 Å². The van der Waals surface area contributed by atoms with E-state index in [1.165, 1.54) is 21.3 Å². The summed E-state index contributed by atoms with van der Waals surface area (Å²) in [6, 6.07) is 5.18. The molecule has 0 radical (unpaired) electrons. The lowest BCUT2D eigenvalue weighted by atomic mass is 9.82. The molecule has 11 nitrogen and oxygen atoms in total. The maximum absolute atomic E-state index is 12.9. The van der Waals surface area contributed by atoms with Crippen LogP contribution in [0.1, 0.15) is 17.9 Å². The number of carboxylic acid groups (broad SMARTS) is 1. The molecule has 33 heavy (non-hydrogen) atoms. The van der Waals surface area contributed by atoms with E-state index >= 15 is 0 Å². The van der Waals surface area contributed by atoms with Crippen molar-refractivity contribution in [2.75, 3.05) is 28.4 Å². The Kier molecular flexibility index (Phi) is 6.73. The lowest BCUT2D eigenvalue weighted by molar-refractivity contribution is -0.139. The first-order valence-corrected chi connectivity index (χ1v) is 10.4. The third-order valence-electron chi connectivity index (χ3n) is 5.18. The summed E-state index contributed by atoms with van der Waals surface area (Å²) in [6.07, 6.45) is -0.474. The number of esters is 1. The number of fused-ring (bicyclic) bond motifs is 1.